The van der Waals surface area contributed by atoms with E-state index in [1.54, 1.807) is 0 Å². The Bertz CT molecular complexity index is 892. The number of hydrogen-bond acceptors (Lipinski definition) is 5. The first-order valence-electron chi connectivity index (χ1n) is 7.47. The van der Waals surface area contributed by atoms with Crippen LogP contribution in [0.25, 0.3) is 22.1 Å². The Morgan fingerprint density at radius 2 is 2.26 bits per heavy atom. The molecule has 1 amide bonds. The first kappa shape index (κ1) is 13.8. The molecule has 0 unspecified atom stereocenters. The first-order valence-corrected chi connectivity index (χ1v) is 7.47. The van der Waals surface area contributed by atoms with Gasteiger partial charge in [-0.05, 0) is 37.5 Å². The summed E-state index contributed by atoms with van der Waals surface area (Å²) >= 11 is 0. The van der Waals surface area contributed by atoms with Crippen molar-refractivity contribution in [1.29, 1.82) is 0 Å². The highest BCUT2D eigenvalue weighted by Gasteiger charge is 2.30. The topological polar surface area (TPSA) is 93.0 Å². The van der Waals surface area contributed by atoms with E-state index in [-0.39, 0.29) is 0 Å². The number of anilines is 1. The van der Waals surface area contributed by atoms with Gasteiger partial charge >= 0.3 is 6.09 Å². The average Bonchev–Trinajstić information content (AvgIpc) is 3.23. The molecule has 3 aromatic rings. The van der Waals surface area contributed by atoms with Gasteiger partial charge in [-0.2, -0.15) is 5.10 Å². The van der Waals surface area contributed by atoms with Crippen LogP contribution in [0.4, 0.5) is 10.6 Å². The maximum absolute atomic E-state index is 11.3. The van der Waals surface area contributed by atoms with Gasteiger partial charge in [-0.15, -0.1) is 0 Å². The van der Waals surface area contributed by atoms with Gasteiger partial charge in [-0.1, -0.05) is 11.2 Å². The second-order valence-electron chi connectivity index (χ2n) is 5.74. The Kier molecular flexibility index (Phi) is 3.07. The van der Waals surface area contributed by atoms with Crippen LogP contribution in [-0.2, 0) is 4.74 Å². The highest BCUT2D eigenvalue weighted by atomic mass is 16.5. The third-order valence-electron chi connectivity index (χ3n) is 4.11. The van der Waals surface area contributed by atoms with Gasteiger partial charge in [-0.3, -0.25) is 10.4 Å². The zero-order valence-corrected chi connectivity index (χ0v) is 12.8. The number of amides is 1. The lowest BCUT2D eigenvalue weighted by molar-refractivity contribution is 0.186. The summed E-state index contributed by atoms with van der Waals surface area (Å²) in [5.41, 5.74) is 4.93. The van der Waals surface area contributed by atoms with E-state index in [1.807, 2.05) is 25.1 Å². The number of benzene rings is 1. The minimum Gasteiger partial charge on any atom is -0.453 e. The number of fused-ring (bicyclic) bond motifs is 1. The maximum atomic E-state index is 11.3. The molecule has 1 aromatic carbocycles. The van der Waals surface area contributed by atoms with Crippen LogP contribution in [0, 0.1) is 6.92 Å². The number of carbonyl (C=O) groups is 1. The van der Waals surface area contributed by atoms with Crippen molar-refractivity contribution in [2.75, 3.05) is 12.4 Å². The Morgan fingerprint density at radius 1 is 1.43 bits per heavy atom. The number of aryl methyl sites for hydroxylation is 1. The minimum atomic E-state index is -0.578. The van der Waals surface area contributed by atoms with Crippen LogP contribution in [0.2, 0.25) is 0 Å². The number of aromatic amines is 1. The lowest BCUT2D eigenvalue weighted by atomic mass is 10.0. The molecule has 4 rings (SSSR count). The molecule has 0 spiro atoms. The highest BCUT2D eigenvalue weighted by Crippen LogP contribution is 2.44. The van der Waals surface area contributed by atoms with Gasteiger partial charge in [0.05, 0.1) is 18.2 Å². The van der Waals surface area contributed by atoms with Gasteiger partial charge in [0.1, 0.15) is 0 Å². The lowest BCUT2D eigenvalue weighted by Gasteiger charge is -2.03. The summed E-state index contributed by atoms with van der Waals surface area (Å²) in [6.45, 7) is 2.02. The standard InChI is InChI=1S/C16H16N4O3/c1-8-13(14(19-18-8)9-3-4-9)10-5-6-11-12(7-10)23-20-15(11)17-16(21)22-2/h5-7,9H,3-4H2,1-2H3,(H,18,19)(H,17,20,21). The second kappa shape index (κ2) is 5.12. The molecular formula is C16H16N4O3. The molecule has 0 aliphatic heterocycles. The molecule has 1 fully saturated rings. The van der Waals surface area contributed by atoms with Crippen molar-refractivity contribution in [2.45, 2.75) is 25.7 Å². The number of hydrogen-bond donors (Lipinski definition) is 2. The van der Waals surface area contributed by atoms with Crippen molar-refractivity contribution in [2.24, 2.45) is 0 Å². The smallest absolute Gasteiger partial charge is 0.412 e. The molecule has 2 heterocycles. The van der Waals surface area contributed by atoms with Crippen molar-refractivity contribution >= 4 is 22.9 Å². The molecular weight excluding hydrogens is 296 g/mol. The van der Waals surface area contributed by atoms with E-state index in [4.69, 9.17) is 4.52 Å². The van der Waals surface area contributed by atoms with E-state index in [2.05, 4.69) is 25.4 Å². The number of nitrogens with zero attached hydrogens (tertiary/aromatic N) is 2. The van der Waals surface area contributed by atoms with Crippen molar-refractivity contribution in [3.05, 3.63) is 29.6 Å². The monoisotopic (exact) mass is 312 g/mol. The van der Waals surface area contributed by atoms with Crippen LogP contribution in [0.15, 0.2) is 22.7 Å². The van der Waals surface area contributed by atoms with Gasteiger partial charge in [0, 0.05) is 17.2 Å². The van der Waals surface area contributed by atoms with Crippen molar-refractivity contribution in [3.63, 3.8) is 0 Å². The fourth-order valence-corrected chi connectivity index (χ4v) is 2.80. The predicted octanol–water partition coefficient (Wildman–Crippen LogP) is 3.58. The summed E-state index contributed by atoms with van der Waals surface area (Å²) < 4.78 is 9.91. The summed E-state index contributed by atoms with van der Waals surface area (Å²) in [6, 6.07) is 5.80. The molecule has 1 aliphatic carbocycles. The molecule has 1 saturated carbocycles. The molecule has 118 valence electrons. The van der Waals surface area contributed by atoms with Crippen LogP contribution in [0.3, 0.4) is 0 Å². The minimum absolute atomic E-state index is 0.352. The lowest BCUT2D eigenvalue weighted by Crippen LogP contribution is -2.11. The van der Waals surface area contributed by atoms with Gasteiger partial charge < -0.3 is 9.26 Å². The molecule has 2 N–H and O–H groups in total. The van der Waals surface area contributed by atoms with Gasteiger partial charge in [0.2, 0.25) is 0 Å². The Balaban J connectivity index is 1.76. The molecule has 1 aliphatic rings. The Labute approximate surface area is 132 Å². The van der Waals surface area contributed by atoms with E-state index in [0.717, 1.165) is 27.9 Å². The Morgan fingerprint density at radius 3 is 3.00 bits per heavy atom. The van der Waals surface area contributed by atoms with Gasteiger partial charge in [-0.25, -0.2) is 4.79 Å². The summed E-state index contributed by atoms with van der Waals surface area (Å²) in [7, 11) is 1.30. The zero-order valence-electron chi connectivity index (χ0n) is 12.8. The number of aromatic nitrogens is 3. The number of methoxy groups -OCH3 is 1. The summed E-state index contributed by atoms with van der Waals surface area (Å²) in [5, 5.41) is 14.7. The van der Waals surface area contributed by atoms with E-state index in [9.17, 15) is 4.79 Å². The molecule has 2 aromatic heterocycles. The van der Waals surface area contributed by atoms with Crippen molar-refractivity contribution in [1.82, 2.24) is 15.4 Å². The quantitative estimate of drug-likeness (QED) is 0.771. The molecule has 0 bridgehead atoms. The third kappa shape index (κ3) is 2.34. The predicted molar refractivity (Wildman–Crippen MR) is 84.3 cm³/mol. The average molecular weight is 312 g/mol. The van der Waals surface area contributed by atoms with Crippen LogP contribution >= 0.6 is 0 Å². The Hall–Kier alpha value is -2.83. The molecule has 0 radical (unpaired) electrons. The number of carbonyl (C=O) groups excluding carboxylic acids is 1. The fraction of sp³-hybridized carbons (Fsp3) is 0.312. The highest BCUT2D eigenvalue weighted by molar-refractivity contribution is 5.97. The second-order valence-corrected chi connectivity index (χ2v) is 5.74. The number of rotatable bonds is 3. The molecule has 7 nitrogen and oxygen atoms in total. The third-order valence-corrected chi connectivity index (χ3v) is 4.11. The number of ether oxygens (including phenoxy) is 1. The van der Waals surface area contributed by atoms with Gasteiger partial charge in [0.15, 0.2) is 11.4 Å². The van der Waals surface area contributed by atoms with Crippen molar-refractivity contribution < 1.29 is 14.1 Å². The van der Waals surface area contributed by atoms with Crippen LogP contribution in [0.1, 0.15) is 30.1 Å². The normalized spacial score (nSPS) is 14.2. The summed E-state index contributed by atoms with van der Waals surface area (Å²) in [4.78, 5) is 11.3. The molecule has 7 heteroatoms. The number of nitrogens with one attached hydrogen (secondary N) is 2. The van der Waals surface area contributed by atoms with E-state index in [1.165, 1.54) is 20.0 Å². The summed E-state index contributed by atoms with van der Waals surface area (Å²) in [6.07, 6.45) is 1.80. The maximum Gasteiger partial charge on any atom is 0.412 e. The van der Waals surface area contributed by atoms with Crippen molar-refractivity contribution in [3.8, 4) is 11.1 Å². The van der Waals surface area contributed by atoms with Crippen LogP contribution in [-0.4, -0.2) is 28.6 Å². The van der Waals surface area contributed by atoms with E-state index < -0.39 is 6.09 Å². The van der Waals surface area contributed by atoms with Crippen LogP contribution in [0.5, 0.6) is 0 Å². The SMILES string of the molecule is COC(=O)Nc1noc2cc(-c3c(C4CC4)n[nH]c3C)ccc12. The molecule has 0 saturated heterocycles. The van der Waals surface area contributed by atoms with Gasteiger partial charge in [0.25, 0.3) is 0 Å². The number of H-pyrrole nitrogens is 1. The fourth-order valence-electron chi connectivity index (χ4n) is 2.80. The summed E-state index contributed by atoms with van der Waals surface area (Å²) in [5.74, 6) is 0.904. The van der Waals surface area contributed by atoms with E-state index in [0.29, 0.717) is 17.3 Å². The zero-order chi connectivity index (χ0) is 16.0. The van der Waals surface area contributed by atoms with E-state index >= 15 is 0 Å². The van der Waals surface area contributed by atoms with Crippen LogP contribution < -0.4 is 5.32 Å². The first-order chi connectivity index (χ1) is 11.2. The molecule has 0 atom stereocenters. The largest absolute Gasteiger partial charge is 0.453 e. The molecule has 23 heavy (non-hydrogen) atoms.